The van der Waals surface area contributed by atoms with Crippen LogP contribution in [0.3, 0.4) is 0 Å². The summed E-state index contributed by atoms with van der Waals surface area (Å²) < 4.78 is 13.2. The fourth-order valence-electron chi connectivity index (χ4n) is 1.97. The Balaban J connectivity index is 1.82. The average molecular weight is 257 g/mol. The summed E-state index contributed by atoms with van der Waals surface area (Å²) in [5, 5.41) is 20.3. The summed E-state index contributed by atoms with van der Waals surface area (Å²) in [5.41, 5.74) is 2.58. The number of nitrogens with one attached hydrogen (secondary N) is 2. The molecule has 0 saturated heterocycles. The number of nitrogens with zero attached hydrogens (tertiary/aromatic N) is 1. The molecule has 0 amide bonds. The largest absolute Gasteiger partial charge is 0.505 e. The molecule has 0 radical (unpaired) electrons. The molecule has 0 aliphatic heterocycles. The Morgan fingerprint density at radius 1 is 1.26 bits per heavy atom. The van der Waals surface area contributed by atoms with Crippen LogP contribution < -0.4 is 5.32 Å². The summed E-state index contributed by atoms with van der Waals surface area (Å²) in [6.07, 6.45) is 1.75. The molecule has 0 aliphatic carbocycles. The van der Waals surface area contributed by atoms with Gasteiger partial charge in [0.1, 0.15) is 0 Å². The smallest absolute Gasteiger partial charge is 0.165 e. The molecule has 2 aromatic carbocycles. The van der Waals surface area contributed by atoms with Gasteiger partial charge in [0.05, 0.1) is 17.4 Å². The Morgan fingerprint density at radius 3 is 3.00 bits per heavy atom. The first-order valence-electron chi connectivity index (χ1n) is 5.87. The average Bonchev–Trinajstić information content (AvgIpc) is 2.89. The van der Waals surface area contributed by atoms with Crippen molar-refractivity contribution in [2.75, 3.05) is 5.32 Å². The molecule has 3 rings (SSSR count). The molecular weight excluding hydrogens is 245 g/mol. The van der Waals surface area contributed by atoms with Crippen LogP contribution in [0.2, 0.25) is 0 Å². The third kappa shape index (κ3) is 2.22. The minimum Gasteiger partial charge on any atom is -0.505 e. The zero-order valence-corrected chi connectivity index (χ0v) is 10.0. The number of aromatic nitrogens is 2. The first-order chi connectivity index (χ1) is 9.24. The summed E-state index contributed by atoms with van der Waals surface area (Å²) in [4.78, 5) is 0. The Morgan fingerprint density at radius 2 is 2.16 bits per heavy atom. The van der Waals surface area contributed by atoms with Gasteiger partial charge in [0, 0.05) is 11.9 Å². The molecule has 19 heavy (non-hydrogen) atoms. The lowest BCUT2D eigenvalue weighted by Crippen LogP contribution is -2.00. The highest BCUT2D eigenvalue weighted by molar-refractivity contribution is 5.89. The zero-order chi connectivity index (χ0) is 13.2. The quantitative estimate of drug-likeness (QED) is 0.676. The molecule has 0 bridgehead atoms. The first-order valence-corrected chi connectivity index (χ1v) is 5.87. The number of anilines is 1. The van der Waals surface area contributed by atoms with Crippen molar-refractivity contribution >= 4 is 16.6 Å². The van der Waals surface area contributed by atoms with E-state index in [9.17, 15) is 4.39 Å². The van der Waals surface area contributed by atoms with Crippen molar-refractivity contribution in [1.29, 1.82) is 0 Å². The SMILES string of the molecule is Oc1ccc(CNc2cccc3cn[nH]c23)cc1F. The first kappa shape index (κ1) is 11.5. The number of hydrogen-bond donors (Lipinski definition) is 3. The monoisotopic (exact) mass is 257 g/mol. The Kier molecular flexibility index (Phi) is 2.79. The second-order valence-electron chi connectivity index (χ2n) is 4.28. The number of hydrogen-bond acceptors (Lipinski definition) is 3. The predicted octanol–water partition coefficient (Wildman–Crippen LogP) is 3.02. The summed E-state index contributed by atoms with van der Waals surface area (Å²) in [7, 11) is 0. The fraction of sp³-hybridized carbons (Fsp3) is 0.0714. The molecule has 1 aromatic heterocycles. The molecular formula is C14H12FN3O. The summed E-state index contributed by atoms with van der Waals surface area (Å²) in [6, 6.07) is 10.2. The van der Waals surface area contributed by atoms with Crippen LogP contribution in [0.4, 0.5) is 10.1 Å². The topological polar surface area (TPSA) is 60.9 Å². The molecule has 3 N–H and O–H groups in total. The maximum Gasteiger partial charge on any atom is 0.165 e. The standard InChI is InChI=1S/C14H12FN3O/c15-11-6-9(4-5-13(11)19)7-16-12-3-1-2-10-8-17-18-14(10)12/h1-6,8,16,19H,7H2,(H,17,18). The maximum atomic E-state index is 13.2. The zero-order valence-electron chi connectivity index (χ0n) is 10.0. The number of phenols is 1. The van der Waals surface area contributed by atoms with Gasteiger partial charge in [-0.1, -0.05) is 18.2 Å². The van der Waals surface area contributed by atoms with Crippen molar-refractivity contribution in [3.63, 3.8) is 0 Å². The summed E-state index contributed by atoms with van der Waals surface area (Å²) in [6.45, 7) is 0.468. The van der Waals surface area contributed by atoms with Crippen LogP contribution in [0, 0.1) is 5.82 Å². The number of halogens is 1. The lowest BCUT2D eigenvalue weighted by atomic mass is 10.2. The van der Waals surface area contributed by atoms with E-state index in [1.807, 2.05) is 18.2 Å². The van der Waals surface area contributed by atoms with Crippen LogP contribution in [-0.4, -0.2) is 15.3 Å². The number of benzene rings is 2. The van der Waals surface area contributed by atoms with E-state index in [0.29, 0.717) is 6.54 Å². The van der Waals surface area contributed by atoms with Gasteiger partial charge in [-0.05, 0) is 23.8 Å². The normalized spacial score (nSPS) is 10.8. The Hall–Kier alpha value is -2.56. The molecule has 0 spiro atoms. The second-order valence-corrected chi connectivity index (χ2v) is 4.28. The van der Waals surface area contributed by atoms with Crippen LogP contribution in [0.1, 0.15) is 5.56 Å². The van der Waals surface area contributed by atoms with Gasteiger partial charge in [-0.25, -0.2) is 4.39 Å². The minimum atomic E-state index is -0.612. The number of aromatic amines is 1. The molecule has 5 heteroatoms. The summed E-state index contributed by atoms with van der Waals surface area (Å²) in [5.74, 6) is -0.946. The van der Waals surface area contributed by atoms with Crippen LogP contribution in [0.25, 0.3) is 10.9 Å². The number of fused-ring (bicyclic) bond motifs is 1. The van der Waals surface area contributed by atoms with Crippen molar-refractivity contribution < 1.29 is 9.50 Å². The van der Waals surface area contributed by atoms with Crippen LogP contribution in [0.5, 0.6) is 5.75 Å². The highest BCUT2D eigenvalue weighted by Gasteiger charge is 2.04. The van der Waals surface area contributed by atoms with Gasteiger partial charge >= 0.3 is 0 Å². The van der Waals surface area contributed by atoms with E-state index in [2.05, 4.69) is 15.5 Å². The van der Waals surface area contributed by atoms with Crippen LogP contribution in [-0.2, 0) is 6.54 Å². The summed E-state index contributed by atoms with van der Waals surface area (Å²) >= 11 is 0. The van der Waals surface area contributed by atoms with E-state index in [0.717, 1.165) is 22.2 Å². The third-order valence-electron chi connectivity index (χ3n) is 2.97. The lowest BCUT2D eigenvalue weighted by molar-refractivity contribution is 0.432. The van der Waals surface area contributed by atoms with Gasteiger partial charge in [0.15, 0.2) is 11.6 Å². The fourth-order valence-corrected chi connectivity index (χ4v) is 1.97. The molecule has 0 fully saturated rings. The number of aromatic hydroxyl groups is 1. The van der Waals surface area contributed by atoms with E-state index in [1.165, 1.54) is 12.1 Å². The number of para-hydroxylation sites is 1. The van der Waals surface area contributed by atoms with Gasteiger partial charge < -0.3 is 10.4 Å². The molecule has 96 valence electrons. The van der Waals surface area contributed by atoms with E-state index in [-0.39, 0.29) is 5.75 Å². The van der Waals surface area contributed by atoms with Crippen molar-refractivity contribution in [2.24, 2.45) is 0 Å². The second kappa shape index (κ2) is 4.61. The van der Waals surface area contributed by atoms with Gasteiger partial charge in [0.2, 0.25) is 0 Å². The van der Waals surface area contributed by atoms with E-state index in [1.54, 1.807) is 12.3 Å². The molecule has 1 heterocycles. The van der Waals surface area contributed by atoms with Crippen molar-refractivity contribution in [1.82, 2.24) is 10.2 Å². The lowest BCUT2D eigenvalue weighted by Gasteiger charge is -2.08. The highest BCUT2D eigenvalue weighted by Crippen LogP contribution is 2.22. The van der Waals surface area contributed by atoms with E-state index < -0.39 is 5.82 Å². The van der Waals surface area contributed by atoms with Crippen molar-refractivity contribution in [2.45, 2.75) is 6.54 Å². The molecule has 0 unspecified atom stereocenters. The van der Waals surface area contributed by atoms with Crippen molar-refractivity contribution in [3.8, 4) is 5.75 Å². The Labute approximate surface area is 108 Å². The van der Waals surface area contributed by atoms with Crippen molar-refractivity contribution in [3.05, 3.63) is 54.0 Å². The maximum absolute atomic E-state index is 13.2. The third-order valence-corrected chi connectivity index (χ3v) is 2.97. The van der Waals surface area contributed by atoms with Crippen LogP contribution in [0.15, 0.2) is 42.6 Å². The predicted molar refractivity (Wildman–Crippen MR) is 71.5 cm³/mol. The molecule has 0 saturated carbocycles. The van der Waals surface area contributed by atoms with Gasteiger partial charge in [-0.15, -0.1) is 0 Å². The molecule has 3 aromatic rings. The number of rotatable bonds is 3. The number of H-pyrrole nitrogens is 1. The number of phenolic OH excluding ortho intramolecular Hbond substituents is 1. The molecule has 0 atom stereocenters. The minimum absolute atomic E-state index is 0.334. The molecule has 0 aliphatic rings. The van der Waals surface area contributed by atoms with Gasteiger partial charge in [0.25, 0.3) is 0 Å². The van der Waals surface area contributed by atoms with Gasteiger partial charge in [-0.2, -0.15) is 5.10 Å². The van der Waals surface area contributed by atoms with Gasteiger partial charge in [-0.3, -0.25) is 5.10 Å². The van der Waals surface area contributed by atoms with E-state index in [4.69, 9.17) is 5.11 Å². The molecule has 4 nitrogen and oxygen atoms in total. The van der Waals surface area contributed by atoms with Crippen LogP contribution >= 0.6 is 0 Å². The Bertz CT molecular complexity index is 724. The highest BCUT2D eigenvalue weighted by atomic mass is 19.1. The van der Waals surface area contributed by atoms with E-state index >= 15 is 0 Å².